The summed E-state index contributed by atoms with van der Waals surface area (Å²) in [6.45, 7) is 2.63. The maximum Gasteiger partial charge on any atom is 0.223 e. The Hall–Kier alpha value is -1.75. The topological polar surface area (TPSA) is 64.8 Å². The van der Waals surface area contributed by atoms with Gasteiger partial charge < -0.3 is 20.1 Å². The van der Waals surface area contributed by atoms with Crippen LogP contribution in [0.3, 0.4) is 0 Å². The van der Waals surface area contributed by atoms with Crippen molar-refractivity contribution in [3.8, 4) is 11.5 Å². The summed E-state index contributed by atoms with van der Waals surface area (Å²) in [7, 11) is 3.24. The zero-order valence-corrected chi connectivity index (χ0v) is 13.0. The van der Waals surface area contributed by atoms with E-state index in [9.17, 15) is 4.79 Å². The lowest BCUT2D eigenvalue weighted by atomic mass is 9.95. The summed E-state index contributed by atoms with van der Waals surface area (Å²) < 4.78 is 10.7. The molecule has 5 heteroatoms. The first-order valence-electron chi connectivity index (χ1n) is 7.39. The van der Waals surface area contributed by atoms with Gasteiger partial charge in [-0.1, -0.05) is 0 Å². The van der Waals surface area contributed by atoms with Crippen LogP contribution in [0.15, 0.2) is 18.2 Å². The van der Waals surface area contributed by atoms with E-state index in [0.29, 0.717) is 18.7 Å². The second kappa shape index (κ2) is 6.80. The highest BCUT2D eigenvalue weighted by Gasteiger charge is 2.33. The molecule has 2 unspecified atom stereocenters. The lowest BCUT2D eigenvalue weighted by Gasteiger charge is -2.34. The number of nitrogens with zero attached hydrogens (tertiary/aromatic N) is 1. The highest BCUT2D eigenvalue weighted by molar-refractivity contribution is 5.77. The van der Waals surface area contributed by atoms with E-state index in [1.807, 2.05) is 30.0 Å². The molecule has 21 heavy (non-hydrogen) atoms. The first-order valence-corrected chi connectivity index (χ1v) is 7.39. The zero-order valence-electron chi connectivity index (χ0n) is 13.0. The van der Waals surface area contributed by atoms with Gasteiger partial charge in [0.1, 0.15) is 11.5 Å². The Labute approximate surface area is 126 Å². The van der Waals surface area contributed by atoms with Gasteiger partial charge in [0.25, 0.3) is 0 Å². The van der Waals surface area contributed by atoms with Crippen molar-refractivity contribution in [2.75, 3.05) is 20.8 Å². The minimum atomic E-state index is -0.147. The summed E-state index contributed by atoms with van der Waals surface area (Å²) >= 11 is 0. The summed E-state index contributed by atoms with van der Waals surface area (Å²) in [5, 5.41) is 0. The fraction of sp³-hybridized carbons (Fsp3) is 0.562. The van der Waals surface area contributed by atoms with Crippen LogP contribution in [0.1, 0.15) is 37.8 Å². The number of carbonyl (C=O) groups is 1. The SMILES string of the molecule is CCN1C(=O)CCCC(N)C1c1ccc(OC)cc1OC. The molecule has 0 radical (unpaired) electrons. The Kier molecular flexibility index (Phi) is 5.07. The standard InChI is InChI=1S/C16H24N2O3/c1-4-18-15(19)7-5-6-13(17)16(18)12-9-8-11(20-2)10-14(12)21-3/h8-10,13,16H,4-7,17H2,1-3H3. The normalized spacial score (nSPS) is 22.9. The summed E-state index contributed by atoms with van der Waals surface area (Å²) in [5.74, 6) is 1.60. The van der Waals surface area contributed by atoms with E-state index < -0.39 is 0 Å². The number of benzene rings is 1. The van der Waals surface area contributed by atoms with Crippen molar-refractivity contribution in [3.63, 3.8) is 0 Å². The lowest BCUT2D eigenvalue weighted by molar-refractivity contribution is -0.133. The van der Waals surface area contributed by atoms with E-state index in [2.05, 4.69) is 0 Å². The van der Waals surface area contributed by atoms with Crippen LogP contribution in [0.2, 0.25) is 0 Å². The van der Waals surface area contributed by atoms with Gasteiger partial charge in [0.15, 0.2) is 0 Å². The first-order chi connectivity index (χ1) is 10.1. The Morgan fingerprint density at radius 3 is 2.71 bits per heavy atom. The molecule has 5 nitrogen and oxygen atoms in total. The molecule has 2 N–H and O–H groups in total. The third-order valence-electron chi connectivity index (χ3n) is 4.09. The Morgan fingerprint density at radius 2 is 2.10 bits per heavy atom. The van der Waals surface area contributed by atoms with Crippen LogP contribution in [0.5, 0.6) is 11.5 Å². The predicted molar refractivity (Wildman–Crippen MR) is 81.5 cm³/mol. The van der Waals surface area contributed by atoms with Gasteiger partial charge >= 0.3 is 0 Å². The number of likely N-dealkylation sites (N-methyl/N-ethyl adjacent to an activating group) is 1. The maximum atomic E-state index is 12.3. The molecule has 0 saturated carbocycles. The number of methoxy groups -OCH3 is 2. The smallest absolute Gasteiger partial charge is 0.223 e. The molecule has 0 spiro atoms. The summed E-state index contributed by atoms with van der Waals surface area (Å²) in [5.41, 5.74) is 7.30. The predicted octanol–water partition coefficient (Wildman–Crippen LogP) is 2.10. The largest absolute Gasteiger partial charge is 0.497 e. The van der Waals surface area contributed by atoms with Crippen molar-refractivity contribution in [3.05, 3.63) is 23.8 Å². The molecule has 1 fully saturated rings. The monoisotopic (exact) mass is 292 g/mol. The Balaban J connectivity index is 2.46. The van der Waals surface area contributed by atoms with Crippen LogP contribution in [0.4, 0.5) is 0 Å². The first kappa shape index (κ1) is 15.6. The van der Waals surface area contributed by atoms with Crippen LogP contribution in [-0.2, 0) is 4.79 Å². The molecule has 1 aliphatic rings. The van der Waals surface area contributed by atoms with E-state index in [4.69, 9.17) is 15.2 Å². The van der Waals surface area contributed by atoms with E-state index >= 15 is 0 Å². The van der Waals surface area contributed by atoms with Crippen LogP contribution < -0.4 is 15.2 Å². The van der Waals surface area contributed by atoms with E-state index in [0.717, 1.165) is 24.2 Å². The second-order valence-corrected chi connectivity index (χ2v) is 5.29. The molecule has 1 saturated heterocycles. The summed E-state index contributed by atoms with van der Waals surface area (Å²) in [6.07, 6.45) is 2.24. The molecular weight excluding hydrogens is 268 g/mol. The number of carbonyl (C=O) groups excluding carboxylic acids is 1. The van der Waals surface area contributed by atoms with Gasteiger partial charge in [0, 0.05) is 30.6 Å². The molecule has 0 aliphatic carbocycles. The van der Waals surface area contributed by atoms with Crippen LogP contribution >= 0.6 is 0 Å². The van der Waals surface area contributed by atoms with Gasteiger partial charge in [-0.3, -0.25) is 4.79 Å². The van der Waals surface area contributed by atoms with Crippen molar-refractivity contribution in [2.45, 2.75) is 38.3 Å². The minimum Gasteiger partial charge on any atom is -0.497 e. The molecule has 0 aromatic heterocycles. The molecule has 0 bridgehead atoms. The van der Waals surface area contributed by atoms with Crippen molar-refractivity contribution in [1.82, 2.24) is 4.90 Å². The number of ether oxygens (including phenoxy) is 2. The van der Waals surface area contributed by atoms with E-state index in [-0.39, 0.29) is 18.0 Å². The van der Waals surface area contributed by atoms with Gasteiger partial charge in [0.05, 0.1) is 20.3 Å². The minimum absolute atomic E-state index is 0.0845. The highest BCUT2D eigenvalue weighted by Crippen LogP contribution is 2.37. The molecule has 2 rings (SSSR count). The fourth-order valence-electron chi connectivity index (χ4n) is 3.01. The maximum absolute atomic E-state index is 12.3. The zero-order chi connectivity index (χ0) is 15.4. The van der Waals surface area contributed by atoms with E-state index in [1.54, 1.807) is 14.2 Å². The van der Waals surface area contributed by atoms with Gasteiger partial charge in [-0.25, -0.2) is 0 Å². The molecule has 1 aliphatic heterocycles. The summed E-state index contributed by atoms with van der Waals surface area (Å²) in [6, 6.07) is 5.44. The fourth-order valence-corrected chi connectivity index (χ4v) is 3.01. The van der Waals surface area contributed by atoms with Crippen molar-refractivity contribution in [2.24, 2.45) is 5.73 Å². The number of hydrogen-bond acceptors (Lipinski definition) is 4. The highest BCUT2D eigenvalue weighted by atomic mass is 16.5. The van der Waals surface area contributed by atoms with Gasteiger partial charge in [-0.15, -0.1) is 0 Å². The van der Waals surface area contributed by atoms with Crippen molar-refractivity contribution < 1.29 is 14.3 Å². The number of rotatable bonds is 4. The molecule has 116 valence electrons. The molecule has 1 aromatic carbocycles. The average molecular weight is 292 g/mol. The third-order valence-corrected chi connectivity index (χ3v) is 4.09. The number of hydrogen-bond donors (Lipinski definition) is 1. The van der Waals surface area contributed by atoms with Crippen LogP contribution in [0, 0.1) is 0 Å². The average Bonchev–Trinajstić information content (AvgIpc) is 2.64. The Bertz CT molecular complexity index is 504. The van der Waals surface area contributed by atoms with Gasteiger partial charge in [0.2, 0.25) is 5.91 Å². The van der Waals surface area contributed by atoms with Crippen LogP contribution in [0.25, 0.3) is 0 Å². The molecule has 1 aromatic rings. The van der Waals surface area contributed by atoms with Crippen LogP contribution in [-0.4, -0.2) is 37.6 Å². The number of amides is 1. The van der Waals surface area contributed by atoms with Gasteiger partial charge in [-0.2, -0.15) is 0 Å². The molecule has 1 amide bonds. The summed E-state index contributed by atoms with van der Waals surface area (Å²) in [4.78, 5) is 14.2. The second-order valence-electron chi connectivity index (χ2n) is 5.29. The Morgan fingerprint density at radius 1 is 1.33 bits per heavy atom. The van der Waals surface area contributed by atoms with Gasteiger partial charge in [-0.05, 0) is 31.9 Å². The number of likely N-dealkylation sites (tertiary alicyclic amines) is 1. The van der Waals surface area contributed by atoms with E-state index in [1.165, 1.54) is 0 Å². The van der Waals surface area contributed by atoms with Crippen molar-refractivity contribution >= 4 is 5.91 Å². The molecule has 2 atom stereocenters. The quantitative estimate of drug-likeness (QED) is 0.923. The van der Waals surface area contributed by atoms with Crippen molar-refractivity contribution in [1.29, 1.82) is 0 Å². The number of nitrogens with two attached hydrogens (primary N) is 1. The lowest BCUT2D eigenvalue weighted by Crippen LogP contribution is -2.42. The molecular formula is C16H24N2O3. The third kappa shape index (κ3) is 3.13. The molecule has 1 heterocycles.